The maximum absolute atomic E-state index is 14.6. The minimum Gasteiger partial charge on any atom is -0.394 e. The van der Waals surface area contributed by atoms with Crippen molar-refractivity contribution in [2.75, 3.05) is 6.61 Å². The largest absolute Gasteiger partial charge is 0.394 e. The first kappa shape index (κ1) is 40.9. The summed E-state index contributed by atoms with van der Waals surface area (Å²) >= 11 is 0. The average Bonchev–Trinajstić information content (AvgIpc) is 3.50. The number of hydrogen-bond acceptors (Lipinski definition) is 12. The second-order valence-electron chi connectivity index (χ2n) is 18.1. The van der Waals surface area contributed by atoms with E-state index in [0.717, 1.165) is 51.4 Å². The Labute approximate surface area is 316 Å². The lowest BCUT2D eigenvalue weighted by Gasteiger charge is -2.58. The van der Waals surface area contributed by atoms with Crippen LogP contribution in [-0.4, -0.2) is 104 Å². The molecule has 1 heterocycles. The highest BCUT2D eigenvalue weighted by Crippen LogP contribution is 2.67. The van der Waals surface area contributed by atoms with Crippen molar-refractivity contribution in [3.05, 3.63) is 23.3 Å². The summed E-state index contributed by atoms with van der Waals surface area (Å²) in [6, 6.07) is 0. The second kappa shape index (κ2) is 15.3. The van der Waals surface area contributed by atoms with Gasteiger partial charge in [0.15, 0.2) is 17.9 Å². The Morgan fingerprint density at radius 1 is 0.944 bits per heavy atom. The molecule has 0 amide bonds. The Morgan fingerprint density at radius 2 is 1.67 bits per heavy atom. The van der Waals surface area contributed by atoms with Crippen LogP contribution in [0.1, 0.15) is 105 Å². The van der Waals surface area contributed by atoms with E-state index in [4.69, 9.17) is 4.74 Å². The zero-order valence-electron chi connectivity index (χ0n) is 31.9. The normalized spacial score (nSPS) is 41.7. The number of hydrogen-bond donors (Lipinski definition) is 5. The van der Waals surface area contributed by atoms with Gasteiger partial charge in [-0.25, -0.2) is 0 Å². The van der Waals surface area contributed by atoms with Crippen LogP contribution in [0, 0.1) is 51.8 Å². The molecule has 0 bridgehead atoms. The zero-order valence-corrected chi connectivity index (χ0v) is 31.9. The summed E-state index contributed by atoms with van der Waals surface area (Å²) in [7, 11) is 0. The van der Waals surface area contributed by atoms with E-state index in [1.165, 1.54) is 12.5 Å². The molecule has 1 saturated heterocycles. The lowest BCUT2D eigenvalue weighted by Crippen LogP contribution is -2.68. The van der Waals surface area contributed by atoms with Gasteiger partial charge in [-0.05, 0) is 104 Å². The van der Waals surface area contributed by atoms with Crippen molar-refractivity contribution < 1.29 is 59.0 Å². The fourth-order valence-electron chi connectivity index (χ4n) is 12.5. The van der Waals surface area contributed by atoms with E-state index in [0.29, 0.717) is 42.6 Å². The molecule has 5 aliphatic carbocycles. The first-order chi connectivity index (χ1) is 25.5. The molecule has 6 aliphatic rings. The molecule has 2 unspecified atom stereocenters. The van der Waals surface area contributed by atoms with Gasteiger partial charge in [0.25, 0.3) is 0 Å². The molecule has 12 heteroatoms. The highest BCUT2D eigenvalue weighted by Gasteiger charge is 2.64. The van der Waals surface area contributed by atoms with E-state index in [1.54, 1.807) is 0 Å². The van der Waals surface area contributed by atoms with E-state index < -0.39 is 89.4 Å². The first-order valence-electron chi connectivity index (χ1n) is 20.0. The third kappa shape index (κ3) is 6.46. The molecule has 0 spiro atoms. The van der Waals surface area contributed by atoms with Gasteiger partial charge in [-0.2, -0.15) is 0 Å². The highest BCUT2D eigenvalue weighted by atomic mass is 16.5. The molecule has 5 N–H and O–H groups in total. The Balaban J connectivity index is 1.24. The second-order valence-corrected chi connectivity index (χ2v) is 18.1. The van der Waals surface area contributed by atoms with Gasteiger partial charge in [0.05, 0.1) is 24.7 Å². The van der Waals surface area contributed by atoms with E-state index in [-0.39, 0.29) is 35.6 Å². The number of allylic oxidation sites excluding steroid dienone is 3. The number of aliphatic hydroxyl groups excluding tert-OH is 5. The summed E-state index contributed by atoms with van der Waals surface area (Å²) in [6.45, 7) is 7.74. The maximum Gasteiger partial charge on any atom is 0.222 e. The van der Waals surface area contributed by atoms with Crippen LogP contribution in [0.2, 0.25) is 0 Å². The van der Waals surface area contributed by atoms with Gasteiger partial charge in [0.2, 0.25) is 17.3 Å². The quantitative estimate of drug-likeness (QED) is 0.0640. The van der Waals surface area contributed by atoms with Crippen LogP contribution >= 0.6 is 0 Å². The lowest BCUT2D eigenvalue weighted by molar-refractivity contribution is -0.255. The molecule has 54 heavy (non-hydrogen) atoms. The molecule has 6 rings (SSSR count). The van der Waals surface area contributed by atoms with Gasteiger partial charge in [-0.3, -0.25) is 28.8 Å². The smallest absolute Gasteiger partial charge is 0.222 e. The van der Waals surface area contributed by atoms with Crippen LogP contribution in [0.5, 0.6) is 0 Å². The summed E-state index contributed by atoms with van der Waals surface area (Å²) in [5.41, 5.74) is -1.69. The highest BCUT2D eigenvalue weighted by molar-refractivity contribution is 6.52. The predicted molar refractivity (Wildman–Crippen MR) is 193 cm³/mol. The number of aldehydes is 1. The number of carbonyl (C=O) groups excluding carboxylic acids is 6. The van der Waals surface area contributed by atoms with E-state index in [9.17, 15) is 54.3 Å². The minimum absolute atomic E-state index is 0.117. The van der Waals surface area contributed by atoms with Crippen LogP contribution in [0.3, 0.4) is 0 Å². The molecular formula is C42H58O12. The van der Waals surface area contributed by atoms with Crippen LogP contribution in [0.4, 0.5) is 0 Å². The third-order valence-corrected chi connectivity index (χ3v) is 15.6. The monoisotopic (exact) mass is 754 g/mol. The van der Waals surface area contributed by atoms with Crippen LogP contribution in [-0.2, 0) is 33.5 Å². The number of rotatable bonds is 12. The zero-order chi connectivity index (χ0) is 39.5. The molecule has 3 saturated carbocycles. The first-order valence-corrected chi connectivity index (χ1v) is 20.0. The number of carbonyl (C=O) groups is 6. The van der Waals surface area contributed by atoms with Crippen LogP contribution in [0.25, 0.3) is 0 Å². The molecule has 0 aromatic carbocycles. The van der Waals surface area contributed by atoms with Crippen molar-refractivity contribution in [1.29, 1.82) is 0 Å². The van der Waals surface area contributed by atoms with Gasteiger partial charge in [-0.1, -0.05) is 52.2 Å². The van der Waals surface area contributed by atoms with E-state index in [1.807, 2.05) is 0 Å². The van der Waals surface area contributed by atoms with Crippen molar-refractivity contribution in [1.82, 2.24) is 0 Å². The summed E-state index contributed by atoms with van der Waals surface area (Å²) < 4.78 is 5.79. The van der Waals surface area contributed by atoms with Crippen molar-refractivity contribution in [2.24, 2.45) is 51.8 Å². The molecule has 0 aromatic rings. The fraction of sp³-hybridized carbons (Fsp3) is 0.762. The number of ether oxygens (including phenoxy) is 1. The molecule has 298 valence electrons. The molecule has 0 aromatic heterocycles. The van der Waals surface area contributed by atoms with Gasteiger partial charge in [0, 0.05) is 6.08 Å². The molecule has 12 nitrogen and oxygen atoms in total. The van der Waals surface area contributed by atoms with E-state index in [2.05, 4.69) is 26.8 Å². The number of Topliss-reactive ketones (excluding diaryl/α,β-unsaturated/α-hetero) is 4. The third-order valence-electron chi connectivity index (χ3n) is 15.6. The Morgan fingerprint density at radius 3 is 2.35 bits per heavy atom. The van der Waals surface area contributed by atoms with Crippen molar-refractivity contribution in [3.8, 4) is 0 Å². The molecule has 1 aliphatic heterocycles. The summed E-state index contributed by atoms with van der Waals surface area (Å²) in [5.74, 6) is -4.44. The summed E-state index contributed by atoms with van der Waals surface area (Å²) in [6.07, 6.45) is 1.85. The number of ketones is 5. The number of aliphatic hydroxyl groups is 5. The van der Waals surface area contributed by atoms with Gasteiger partial charge >= 0.3 is 0 Å². The van der Waals surface area contributed by atoms with Crippen LogP contribution in [0.15, 0.2) is 23.3 Å². The van der Waals surface area contributed by atoms with Gasteiger partial charge < -0.3 is 30.3 Å². The molecular weight excluding hydrogens is 696 g/mol. The van der Waals surface area contributed by atoms with E-state index >= 15 is 0 Å². The SMILES string of the molecule is CC(CCC[C@@H](C)[C@H]1CC[C@H]2[C@@H]3CC=C4C[C@@H](O)CC[C@]4(C)[C@H]3CC[C@]12C)C(C(=O)C=O)(C(=O)C1=CC(=O)C(=O)CC1=O)[C@@H]1O[C@H](CO)[C@@H](O)[C@H](O)[C@H]1O. The van der Waals surface area contributed by atoms with Crippen molar-refractivity contribution >= 4 is 35.2 Å². The van der Waals surface area contributed by atoms with Crippen LogP contribution < -0.4 is 0 Å². The Kier molecular flexibility index (Phi) is 11.6. The standard InChI is InChI=1S/C42H58O12/c1-21(27-10-11-28-25-9-8-23-16-24(45)12-14-40(23,3)29(25)13-15-41(27,28)4)6-5-7-22(2)42(34(49)20-44,38(53)26-17-31(47)32(48)18-30(26)46)39-37(52)36(51)35(50)33(19-43)54-39/h8,17,20-22,24-25,27-29,33,35-37,39,43,45,50-52H,5-7,9-16,18-19H2,1-4H3/t21-,22?,24+,25+,27-,28+,29+,33-,35-,36+,37-,39-,40+,41-,42?/m1/s1. The van der Waals surface area contributed by atoms with Crippen molar-refractivity contribution in [2.45, 2.75) is 141 Å². The van der Waals surface area contributed by atoms with Crippen molar-refractivity contribution in [3.63, 3.8) is 0 Å². The Hall–Kier alpha value is -2.74. The van der Waals surface area contributed by atoms with Gasteiger partial charge in [0.1, 0.15) is 35.9 Å². The molecule has 4 fully saturated rings. The predicted octanol–water partition coefficient (Wildman–Crippen LogP) is 2.57. The number of fused-ring (bicyclic) bond motifs is 5. The average molecular weight is 755 g/mol. The molecule has 15 atom stereocenters. The summed E-state index contributed by atoms with van der Waals surface area (Å²) in [5, 5.41) is 52.8. The fourth-order valence-corrected chi connectivity index (χ4v) is 12.5. The summed E-state index contributed by atoms with van der Waals surface area (Å²) in [4.78, 5) is 78.3. The minimum atomic E-state index is -2.64. The molecule has 0 radical (unpaired) electrons. The lowest BCUT2D eigenvalue weighted by atomic mass is 9.47. The maximum atomic E-state index is 14.6. The Bertz CT molecular complexity index is 1610. The topological polar surface area (TPSA) is 213 Å². The van der Waals surface area contributed by atoms with Gasteiger partial charge in [-0.15, -0.1) is 0 Å².